The van der Waals surface area contributed by atoms with Crippen LogP contribution in [-0.4, -0.2) is 25.3 Å². The van der Waals surface area contributed by atoms with Gasteiger partial charge in [-0.2, -0.15) is 4.98 Å². The Morgan fingerprint density at radius 2 is 1.83 bits per heavy atom. The highest BCUT2D eigenvalue weighted by atomic mass is 32.2. The Bertz CT molecular complexity index is 816. The van der Waals surface area contributed by atoms with Gasteiger partial charge in [0, 0.05) is 11.0 Å². The predicted octanol–water partition coefficient (Wildman–Crippen LogP) is 4.31. The molecule has 0 saturated carbocycles. The van der Waals surface area contributed by atoms with Gasteiger partial charge in [-0.05, 0) is 13.8 Å². The van der Waals surface area contributed by atoms with Gasteiger partial charge >= 0.3 is 0 Å². The molecule has 0 fully saturated rings. The van der Waals surface area contributed by atoms with Gasteiger partial charge in [0.15, 0.2) is 11.6 Å². The van der Waals surface area contributed by atoms with E-state index in [2.05, 4.69) is 65.1 Å². The number of thioether (sulfide) groups is 1. The van der Waals surface area contributed by atoms with Gasteiger partial charge < -0.3 is 4.52 Å². The number of benzene rings is 1. The van der Waals surface area contributed by atoms with Crippen LogP contribution in [0, 0.1) is 6.92 Å². The molecule has 6 nitrogen and oxygen atoms in total. The van der Waals surface area contributed by atoms with Gasteiger partial charge in [-0.3, -0.25) is 5.10 Å². The Kier molecular flexibility index (Phi) is 4.45. The summed E-state index contributed by atoms with van der Waals surface area (Å²) in [5.41, 5.74) is 2.10. The molecule has 0 aliphatic heterocycles. The maximum absolute atomic E-state index is 5.38. The van der Waals surface area contributed by atoms with Crippen molar-refractivity contribution >= 4 is 11.8 Å². The Hall–Kier alpha value is -2.15. The maximum atomic E-state index is 5.38. The normalized spacial score (nSPS) is 13.2. The van der Waals surface area contributed by atoms with Crippen LogP contribution in [0.4, 0.5) is 0 Å². The zero-order valence-electron chi connectivity index (χ0n) is 14.5. The third-order valence-electron chi connectivity index (χ3n) is 3.53. The smallest absolute Gasteiger partial charge is 0.239 e. The Labute approximate surface area is 145 Å². The molecule has 0 bridgehead atoms. The maximum Gasteiger partial charge on any atom is 0.239 e. The third kappa shape index (κ3) is 3.67. The van der Waals surface area contributed by atoms with Crippen molar-refractivity contribution in [2.24, 2.45) is 0 Å². The number of hydrogen-bond donors (Lipinski definition) is 1. The SMILES string of the molecule is Cc1ccc(-c2nc(S[C@H](C)c3nc(C(C)(C)C)no3)n[nH]2)cc1. The highest BCUT2D eigenvalue weighted by Crippen LogP contribution is 2.33. The third-order valence-corrected chi connectivity index (χ3v) is 4.48. The van der Waals surface area contributed by atoms with E-state index in [0.717, 1.165) is 11.4 Å². The molecular weight excluding hydrogens is 322 g/mol. The van der Waals surface area contributed by atoms with E-state index in [0.29, 0.717) is 16.9 Å². The fraction of sp³-hybridized carbons (Fsp3) is 0.412. The number of aryl methyl sites for hydroxylation is 1. The van der Waals surface area contributed by atoms with Crippen molar-refractivity contribution in [3.63, 3.8) is 0 Å². The van der Waals surface area contributed by atoms with Gasteiger partial charge in [-0.15, -0.1) is 5.10 Å². The van der Waals surface area contributed by atoms with Gasteiger partial charge in [0.2, 0.25) is 11.0 Å². The zero-order chi connectivity index (χ0) is 17.3. The predicted molar refractivity (Wildman–Crippen MR) is 93.8 cm³/mol. The van der Waals surface area contributed by atoms with Crippen LogP contribution in [0.5, 0.6) is 0 Å². The number of hydrogen-bond acceptors (Lipinski definition) is 6. The number of H-pyrrole nitrogens is 1. The molecule has 0 amide bonds. The van der Waals surface area contributed by atoms with Gasteiger partial charge in [0.1, 0.15) is 0 Å². The van der Waals surface area contributed by atoms with Crippen molar-refractivity contribution in [2.45, 2.75) is 50.4 Å². The monoisotopic (exact) mass is 343 g/mol. The zero-order valence-corrected chi connectivity index (χ0v) is 15.3. The van der Waals surface area contributed by atoms with Crippen LogP contribution in [0.25, 0.3) is 11.4 Å². The number of nitrogens with zero attached hydrogens (tertiary/aromatic N) is 4. The molecule has 3 rings (SSSR count). The van der Waals surface area contributed by atoms with Crippen molar-refractivity contribution in [2.75, 3.05) is 0 Å². The molecule has 2 aromatic heterocycles. The summed E-state index contributed by atoms with van der Waals surface area (Å²) < 4.78 is 5.38. The first-order valence-corrected chi connectivity index (χ1v) is 8.71. The van der Waals surface area contributed by atoms with Crippen LogP contribution in [-0.2, 0) is 5.41 Å². The van der Waals surface area contributed by atoms with Crippen molar-refractivity contribution in [1.82, 2.24) is 25.3 Å². The Balaban J connectivity index is 1.72. The lowest BCUT2D eigenvalue weighted by atomic mass is 9.96. The lowest BCUT2D eigenvalue weighted by Gasteiger charge is -2.11. The minimum Gasteiger partial charge on any atom is -0.338 e. The van der Waals surface area contributed by atoms with Crippen LogP contribution in [0.3, 0.4) is 0 Å². The first kappa shape index (κ1) is 16.7. The topological polar surface area (TPSA) is 80.5 Å². The second-order valence-corrected chi connectivity index (χ2v) is 8.11. The standard InChI is InChI=1S/C17H21N5OS/c1-10-6-8-12(9-7-10)13-18-16(21-20-13)24-11(2)14-19-15(22-23-14)17(3,4)5/h6-9,11H,1-5H3,(H,18,20,21)/t11-/m1/s1. The molecule has 1 atom stereocenters. The number of aromatic amines is 1. The summed E-state index contributed by atoms with van der Waals surface area (Å²) in [4.78, 5) is 9.03. The summed E-state index contributed by atoms with van der Waals surface area (Å²) in [6.45, 7) is 10.2. The molecule has 0 aliphatic carbocycles. The summed E-state index contributed by atoms with van der Waals surface area (Å²) in [5.74, 6) is 2.05. The van der Waals surface area contributed by atoms with Crippen molar-refractivity contribution in [3.05, 3.63) is 41.5 Å². The second-order valence-electron chi connectivity index (χ2n) is 6.80. The second kappa shape index (κ2) is 6.39. The molecule has 0 saturated heterocycles. The number of rotatable bonds is 4. The van der Waals surface area contributed by atoms with Crippen LogP contribution in [0.15, 0.2) is 33.9 Å². The van der Waals surface area contributed by atoms with E-state index in [1.807, 2.05) is 19.1 Å². The highest BCUT2D eigenvalue weighted by Gasteiger charge is 2.24. The summed E-state index contributed by atoms with van der Waals surface area (Å²) in [6, 6.07) is 8.17. The molecule has 3 aromatic rings. The van der Waals surface area contributed by atoms with Gasteiger partial charge in [-0.1, -0.05) is 67.5 Å². The summed E-state index contributed by atoms with van der Waals surface area (Å²) in [7, 11) is 0. The van der Waals surface area contributed by atoms with Crippen LogP contribution in [0.1, 0.15) is 50.2 Å². The largest absolute Gasteiger partial charge is 0.338 e. The summed E-state index contributed by atoms with van der Waals surface area (Å²) >= 11 is 1.49. The van der Waals surface area contributed by atoms with Crippen molar-refractivity contribution in [3.8, 4) is 11.4 Å². The molecule has 126 valence electrons. The van der Waals surface area contributed by atoms with Gasteiger partial charge in [0.25, 0.3) is 0 Å². The van der Waals surface area contributed by atoms with E-state index in [9.17, 15) is 0 Å². The first-order valence-electron chi connectivity index (χ1n) is 7.83. The fourth-order valence-corrected chi connectivity index (χ4v) is 2.81. The molecule has 0 aliphatic rings. The number of aromatic nitrogens is 5. The molecule has 7 heteroatoms. The van der Waals surface area contributed by atoms with Crippen molar-refractivity contribution in [1.29, 1.82) is 0 Å². The van der Waals surface area contributed by atoms with E-state index in [4.69, 9.17) is 4.52 Å². The molecule has 0 unspecified atom stereocenters. The Morgan fingerprint density at radius 3 is 2.46 bits per heavy atom. The van der Waals surface area contributed by atoms with Gasteiger partial charge in [0.05, 0.1) is 5.25 Å². The fourth-order valence-electron chi connectivity index (χ4n) is 2.05. The molecule has 0 radical (unpaired) electrons. The van der Waals surface area contributed by atoms with Crippen LogP contribution in [0.2, 0.25) is 0 Å². The summed E-state index contributed by atoms with van der Waals surface area (Å²) in [6.07, 6.45) is 0. The summed E-state index contributed by atoms with van der Waals surface area (Å²) in [5, 5.41) is 12.0. The molecule has 24 heavy (non-hydrogen) atoms. The highest BCUT2D eigenvalue weighted by molar-refractivity contribution is 7.99. The van der Waals surface area contributed by atoms with Crippen molar-refractivity contribution < 1.29 is 4.52 Å². The Morgan fingerprint density at radius 1 is 1.12 bits per heavy atom. The average Bonchev–Trinajstić information content (AvgIpc) is 3.16. The molecule has 2 heterocycles. The molecular formula is C17H21N5OS. The molecule has 0 spiro atoms. The molecule has 1 aromatic carbocycles. The lowest BCUT2D eigenvalue weighted by Crippen LogP contribution is -2.13. The van der Waals surface area contributed by atoms with E-state index in [-0.39, 0.29) is 10.7 Å². The first-order chi connectivity index (χ1) is 11.3. The number of nitrogens with one attached hydrogen (secondary N) is 1. The van der Waals surface area contributed by atoms with Crippen LogP contribution >= 0.6 is 11.8 Å². The minimum absolute atomic E-state index is 0.0183. The lowest BCUT2D eigenvalue weighted by molar-refractivity contribution is 0.364. The van der Waals surface area contributed by atoms with E-state index < -0.39 is 0 Å². The average molecular weight is 343 g/mol. The minimum atomic E-state index is -0.130. The van der Waals surface area contributed by atoms with E-state index in [1.54, 1.807) is 0 Å². The van der Waals surface area contributed by atoms with Gasteiger partial charge in [-0.25, -0.2) is 4.98 Å². The van der Waals surface area contributed by atoms with Crippen LogP contribution < -0.4 is 0 Å². The van der Waals surface area contributed by atoms with E-state index >= 15 is 0 Å². The quantitative estimate of drug-likeness (QED) is 0.711. The van der Waals surface area contributed by atoms with E-state index in [1.165, 1.54) is 17.3 Å². The molecule has 1 N–H and O–H groups in total.